The van der Waals surface area contributed by atoms with E-state index in [1.807, 2.05) is 13.8 Å². The summed E-state index contributed by atoms with van der Waals surface area (Å²) in [7, 11) is 1.59. The van der Waals surface area contributed by atoms with Gasteiger partial charge in [0, 0.05) is 19.2 Å². The maximum absolute atomic E-state index is 12.2. The number of nitrogens with one attached hydrogen (secondary N) is 1. The zero-order chi connectivity index (χ0) is 15.3. The van der Waals surface area contributed by atoms with Crippen LogP contribution in [0.1, 0.15) is 35.5 Å². The number of amides is 1. The van der Waals surface area contributed by atoms with E-state index in [0.717, 1.165) is 0 Å². The van der Waals surface area contributed by atoms with Crippen LogP contribution in [-0.4, -0.2) is 36.7 Å². The number of furan rings is 1. The number of carbonyl (C=O) groups excluding carboxylic acids is 1. The predicted molar refractivity (Wildman–Crippen MR) is 72.8 cm³/mol. The van der Waals surface area contributed by atoms with Crippen molar-refractivity contribution in [3.8, 4) is 0 Å². The standard InChI is InChI=1S/C14H21NO5/c1-8(2)11(19-4)6-15-14(18)13-9(3)7-20-10(13)5-12(16)17/h7-8,11H,5-6H2,1-4H3,(H,15,18)(H,16,17). The van der Waals surface area contributed by atoms with Crippen molar-refractivity contribution in [2.45, 2.75) is 33.3 Å². The van der Waals surface area contributed by atoms with Gasteiger partial charge in [-0.15, -0.1) is 0 Å². The molecule has 0 fully saturated rings. The quantitative estimate of drug-likeness (QED) is 0.793. The normalized spacial score (nSPS) is 12.4. The average Bonchev–Trinajstić information content (AvgIpc) is 2.69. The maximum Gasteiger partial charge on any atom is 0.311 e. The third kappa shape index (κ3) is 4.09. The van der Waals surface area contributed by atoms with Crippen molar-refractivity contribution in [2.24, 2.45) is 5.92 Å². The summed E-state index contributed by atoms with van der Waals surface area (Å²) >= 11 is 0. The van der Waals surface area contributed by atoms with Crippen molar-refractivity contribution in [2.75, 3.05) is 13.7 Å². The summed E-state index contributed by atoms with van der Waals surface area (Å²) in [5.41, 5.74) is 0.920. The van der Waals surface area contributed by atoms with E-state index in [9.17, 15) is 9.59 Å². The minimum Gasteiger partial charge on any atom is -0.481 e. The van der Waals surface area contributed by atoms with Gasteiger partial charge in [-0.05, 0) is 12.8 Å². The SMILES string of the molecule is COC(CNC(=O)c1c(C)coc1CC(=O)O)C(C)C. The highest BCUT2D eigenvalue weighted by Gasteiger charge is 2.21. The fraction of sp³-hybridized carbons (Fsp3) is 0.571. The van der Waals surface area contributed by atoms with Crippen LogP contribution in [0.5, 0.6) is 0 Å². The summed E-state index contributed by atoms with van der Waals surface area (Å²) < 4.78 is 10.4. The van der Waals surface area contributed by atoms with Crippen LogP contribution in [0.3, 0.4) is 0 Å². The Balaban J connectivity index is 2.77. The summed E-state index contributed by atoms with van der Waals surface area (Å²) in [6, 6.07) is 0. The van der Waals surface area contributed by atoms with E-state index in [-0.39, 0.29) is 30.1 Å². The molecule has 0 radical (unpaired) electrons. The number of aliphatic carboxylic acids is 1. The molecule has 112 valence electrons. The van der Waals surface area contributed by atoms with Gasteiger partial charge >= 0.3 is 5.97 Å². The maximum atomic E-state index is 12.2. The number of carbonyl (C=O) groups is 2. The molecule has 0 aliphatic carbocycles. The molecule has 1 unspecified atom stereocenters. The van der Waals surface area contributed by atoms with Crippen molar-refractivity contribution in [3.05, 3.63) is 23.2 Å². The zero-order valence-corrected chi connectivity index (χ0v) is 12.2. The van der Waals surface area contributed by atoms with Crippen molar-refractivity contribution < 1.29 is 23.8 Å². The molecule has 1 rings (SSSR count). The number of rotatable bonds is 7. The molecule has 0 bridgehead atoms. The summed E-state index contributed by atoms with van der Waals surface area (Å²) in [5.74, 6) is -0.934. The summed E-state index contributed by atoms with van der Waals surface area (Å²) in [4.78, 5) is 22.9. The van der Waals surface area contributed by atoms with E-state index >= 15 is 0 Å². The van der Waals surface area contributed by atoms with Gasteiger partial charge in [0.25, 0.3) is 5.91 Å². The number of aryl methyl sites for hydroxylation is 1. The third-order valence-corrected chi connectivity index (χ3v) is 3.10. The van der Waals surface area contributed by atoms with Crippen LogP contribution < -0.4 is 5.32 Å². The van der Waals surface area contributed by atoms with Gasteiger partial charge in [-0.25, -0.2) is 0 Å². The minimum atomic E-state index is -1.04. The lowest BCUT2D eigenvalue weighted by Gasteiger charge is -2.19. The molecule has 2 N–H and O–H groups in total. The molecule has 0 saturated heterocycles. The highest BCUT2D eigenvalue weighted by atomic mass is 16.5. The number of methoxy groups -OCH3 is 1. The number of carboxylic acid groups (broad SMARTS) is 1. The van der Waals surface area contributed by atoms with Crippen molar-refractivity contribution in [1.82, 2.24) is 5.32 Å². The fourth-order valence-corrected chi connectivity index (χ4v) is 1.94. The molecule has 1 atom stereocenters. The lowest BCUT2D eigenvalue weighted by molar-refractivity contribution is -0.136. The van der Waals surface area contributed by atoms with E-state index in [1.165, 1.54) is 6.26 Å². The topological polar surface area (TPSA) is 88.8 Å². The highest BCUT2D eigenvalue weighted by Crippen LogP contribution is 2.17. The molecule has 1 aromatic rings. The molecule has 0 aliphatic heterocycles. The van der Waals surface area contributed by atoms with Crippen LogP contribution in [0.4, 0.5) is 0 Å². The summed E-state index contributed by atoms with van der Waals surface area (Å²) in [6.45, 7) is 6.07. The Kier molecular flexibility index (Phi) is 5.76. The second kappa shape index (κ2) is 7.09. The third-order valence-electron chi connectivity index (χ3n) is 3.10. The first-order valence-corrected chi connectivity index (χ1v) is 6.46. The fourth-order valence-electron chi connectivity index (χ4n) is 1.94. The van der Waals surface area contributed by atoms with Crippen LogP contribution in [0, 0.1) is 12.8 Å². The van der Waals surface area contributed by atoms with Crippen LogP contribution in [0.15, 0.2) is 10.7 Å². The van der Waals surface area contributed by atoms with Gasteiger partial charge in [0.2, 0.25) is 0 Å². The molecule has 6 heteroatoms. The Morgan fingerprint density at radius 1 is 1.45 bits per heavy atom. The molecule has 1 heterocycles. The summed E-state index contributed by atoms with van der Waals surface area (Å²) in [5, 5.41) is 11.6. The van der Waals surface area contributed by atoms with Crippen molar-refractivity contribution >= 4 is 11.9 Å². The molecule has 0 saturated carbocycles. The van der Waals surface area contributed by atoms with Gasteiger partial charge in [-0.1, -0.05) is 13.8 Å². The Morgan fingerprint density at radius 3 is 2.60 bits per heavy atom. The Morgan fingerprint density at radius 2 is 2.10 bits per heavy atom. The number of carboxylic acids is 1. The molecular formula is C14H21NO5. The predicted octanol–water partition coefficient (Wildman–Crippen LogP) is 1.62. The van der Waals surface area contributed by atoms with Gasteiger partial charge in [-0.3, -0.25) is 9.59 Å². The molecule has 6 nitrogen and oxygen atoms in total. The molecule has 0 aromatic carbocycles. The second-order valence-corrected chi connectivity index (χ2v) is 5.02. The number of hydrogen-bond acceptors (Lipinski definition) is 4. The Hall–Kier alpha value is -1.82. The van der Waals surface area contributed by atoms with E-state index in [2.05, 4.69) is 5.32 Å². The molecule has 1 amide bonds. The van der Waals surface area contributed by atoms with Crippen LogP contribution in [0.25, 0.3) is 0 Å². The lowest BCUT2D eigenvalue weighted by atomic mass is 10.1. The molecular weight excluding hydrogens is 262 g/mol. The van der Waals surface area contributed by atoms with E-state index in [4.69, 9.17) is 14.3 Å². The average molecular weight is 283 g/mol. The van der Waals surface area contributed by atoms with Gasteiger partial charge in [-0.2, -0.15) is 0 Å². The zero-order valence-electron chi connectivity index (χ0n) is 12.2. The van der Waals surface area contributed by atoms with E-state index < -0.39 is 5.97 Å². The largest absolute Gasteiger partial charge is 0.481 e. The molecule has 20 heavy (non-hydrogen) atoms. The molecule has 1 aromatic heterocycles. The molecule has 0 aliphatic rings. The Bertz CT molecular complexity index is 478. The van der Waals surface area contributed by atoms with Crippen molar-refractivity contribution in [3.63, 3.8) is 0 Å². The number of ether oxygens (including phenoxy) is 1. The first-order chi connectivity index (χ1) is 9.36. The molecule has 0 spiro atoms. The first-order valence-electron chi connectivity index (χ1n) is 6.46. The van der Waals surface area contributed by atoms with Crippen LogP contribution >= 0.6 is 0 Å². The van der Waals surface area contributed by atoms with Crippen LogP contribution in [-0.2, 0) is 16.0 Å². The minimum absolute atomic E-state index is 0.0888. The van der Waals surface area contributed by atoms with Crippen molar-refractivity contribution in [1.29, 1.82) is 0 Å². The smallest absolute Gasteiger partial charge is 0.311 e. The second-order valence-electron chi connectivity index (χ2n) is 5.02. The van der Waals surface area contributed by atoms with E-state index in [0.29, 0.717) is 17.7 Å². The summed E-state index contributed by atoms with van der Waals surface area (Å²) in [6.07, 6.45) is 0.992. The van der Waals surface area contributed by atoms with Gasteiger partial charge < -0.3 is 19.6 Å². The van der Waals surface area contributed by atoms with E-state index in [1.54, 1.807) is 14.0 Å². The van der Waals surface area contributed by atoms with Gasteiger partial charge in [0.05, 0.1) is 17.9 Å². The lowest BCUT2D eigenvalue weighted by Crippen LogP contribution is -2.36. The Labute approximate surface area is 118 Å². The van der Waals surface area contributed by atoms with Crippen LogP contribution in [0.2, 0.25) is 0 Å². The monoisotopic (exact) mass is 283 g/mol. The highest BCUT2D eigenvalue weighted by molar-refractivity contribution is 5.97. The van der Waals surface area contributed by atoms with Gasteiger partial charge in [0.1, 0.15) is 12.2 Å². The number of hydrogen-bond donors (Lipinski definition) is 2. The first kappa shape index (κ1) is 16.2. The van der Waals surface area contributed by atoms with Gasteiger partial charge in [0.15, 0.2) is 0 Å².